The SMILES string of the molecule is COc1cccc(C(=O)Nc2n[nH]c3ccc(Nc4c(NCc5cccc(O)c5)c(=O)c4=O)cc23)c1. The first-order valence-electron chi connectivity index (χ1n) is 11.0. The lowest BCUT2D eigenvalue weighted by Crippen LogP contribution is -2.36. The number of phenolic OH excluding ortho intramolecular Hbond substituents is 1. The Bertz CT molecular complexity index is 1670. The van der Waals surface area contributed by atoms with Gasteiger partial charge in [0.25, 0.3) is 16.8 Å². The largest absolute Gasteiger partial charge is 0.508 e. The molecule has 0 bridgehead atoms. The van der Waals surface area contributed by atoms with E-state index in [1.165, 1.54) is 7.11 Å². The summed E-state index contributed by atoms with van der Waals surface area (Å²) >= 11 is 0. The minimum absolute atomic E-state index is 0.111. The number of hydrogen-bond acceptors (Lipinski definition) is 8. The van der Waals surface area contributed by atoms with Crippen LogP contribution in [0.1, 0.15) is 15.9 Å². The predicted molar refractivity (Wildman–Crippen MR) is 137 cm³/mol. The van der Waals surface area contributed by atoms with E-state index in [1.807, 2.05) is 0 Å². The van der Waals surface area contributed by atoms with Gasteiger partial charge < -0.3 is 25.8 Å². The zero-order chi connectivity index (χ0) is 25.2. The summed E-state index contributed by atoms with van der Waals surface area (Å²) < 4.78 is 5.17. The predicted octanol–water partition coefficient (Wildman–Crippen LogP) is 3.48. The van der Waals surface area contributed by atoms with Gasteiger partial charge >= 0.3 is 0 Å². The number of nitrogens with zero attached hydrogens (tertiary/aromatic N) is 1. The molecule has 0 unspecified atom stereocenters. The molecule has 1 heterocycles. The molecule has 180 valence electrons. The molecule has 5 aromatic rings. The van der Waals surface area contributed by atoms with E-state index in [4.69, 9.17) is 4.74 Å². The minimum atomic E-state index is -0.632. The molecule has 0 fully saturated rings. The van der Waals surface area contributed by atoms with Crippen molar-refractivity contribution in [2.75, 3.05) is 23.1 Å². The van der Waals surface area contributed by atoms with Crippen molar-refractivity contribution in [2.45, 2.75) is 6.54 Å². The summed E-state index contributed by atoms with van der Waals surface area (Å²) in [6.07, 6.45) is 0. The second-order valence-electron chi connectivity index (χ2n) is 8.08. The van der Waals surface area contributed by atoms with Crippen LogP contribution in [0.5, 0.6) is 11.5 Å². The molecule has 10 heteroatoms. The average molecular weight is 483 g/mol. The van der Waals surface area contributed by atoms with E-state index in [0.717, 1.165) is 5.56 Å². The number of rotatable bonds is 8. The first-order valence-corrected chi connectivity index (χ1v) is 11.0. The number of ether oxygens (including phenoxy) is 1. The number of phenols is 1. The third-order valence-corrected chi connectivity index (χ3v) is 5.69. The summed E-state index contributed by atoms with van der Waals surface area (Å²) in [5, 5.41) is 26.0. The second kappa shape index (κ2) is 9.26. The number of aromatic amines is 1. The number of carbonyl (C=O) groups is 1. The molecule has 1 amide bonds. The van der Waals surface area contributed by atoms with Crippen LogP contribution in [-0.4, -0.2) is 28.3 Å². The molecule has 36 heavy (non-hydrogen) atoms. The maximum absolute atomic E-state index is 12.7. The van der Waals surface area contributed by atoms with Crippen LogP contribution >= 0.6 is 0 Å². The zero-order valence-corrected chi connectivity index (χ0v) is 19.1. The molecule has 5 N–H and O–H groups in total. The Labute approximate surface area is 204 Å². The molecule has 1 aromatic heterocycles. The molecule has 4 aromatic carbocycles. The lowest BCUT2D eigenvalue weighted by atomic mass is 10.1. The first kappa shape index (κ1) is 22.7. The Morgan fingerprint density at radius 3 is 2.61 bits per heavy atom. The van der Waals surface area contributed by atoms with Crippen LogP contribution in [-0.2, 0) is 6.54 Å². The van der Waals surface area contributed by atoms with Gasteiger partial charge in [0.05, 0.1) is 12.6 Å². The molecule has 0 saturated heterocycles. The Hall–Kier alpha value is -5.12. The quantitative estimate of drug-likeness (QED) is 0.211. The van der Waals surface area contributed by atoms with Crippen molar-refractivity contribution >= 4 is 39.7 Å². The Balaban J connectivity index is 1.35. The molecular formula is C26H21N5O5. The summed E-state index contributed by atoms with van der Waals surface area (Å²) in [5.74, 6) is 0.623. The van der Waals surface area contributed by atoms with Gasteiger partial charge in [-0.05, 0) is 54.1 Å². The summed E-state index contributed by atoms with van der Waals surface area (Å²) in [5.41, 5.74) is 1.44. The number of fused-ring (bicyclic) bond motifs is 1. The van der Waals surface area contributed by atoms with Crippen molar-refractivity contribution in [1.29, 1.82) is 0 Å². The topological polar surface area (TPSA) is 145 Å². The highest BCUT2D eigenvalue weighted by molar-refractivity contribution is 6.08. The van der Waals surface area contributed by atoms with Gasteiger partial charge in [-0.25, -0.2) is 0 Å². The number of methoxy groups -OCH3 is 1. The monoisotopic (exact) mass is 483 g/mol. The standard InChI is InChI=1S/C26H21N5O5/c1-36-18-7-3-5-15(11-18)26(35)29-25-19-12-16(8-9-20(19)30-31-25)28-22-21(23(33)24(22)34)27-13-14-4-2-6-17(32)10-14/h2-12,27-28,32H,13H2,1H3,(H2,29,30,31,35). The van der Waals surface area contributed by atoms with Crippen LogP contribution in [0.4, 0.5) is 22.9 Å². The van der Waals surface area contributed by atoms with Crippen LogP contribution in [0.2, 0.25) is 0 Å². The van der Waals surface area contributed by atoms with Gasteiger partial charge in [0.2, 0.25) is 0 Å². The number of anilines is 4. The number of hydrogen-bond donors (Lipinski definition) is 5. The Morgan fingerprint density at radius 2 is 1.81 bits per heavy atom. The van der Waals surface area contributed by atoms with Gasteiger partial charge in [-0.3, -0.25) is 19.5 Å². The molecule has 0 saturated carbocycles. The van der Waals surface area contributed by atoms with Crippen molar-refractivity contribution in [2.24, 2.45) is 0 Å². The smallest absolute Gasteiger partial charge is 0.257 e. The zero-order valence-electron chi connectivity index (χ0n) is 19.1. The van der Waals surface area contributed by atoms with Crippen molar-refractivity contribution in [3.05, 3.63) is 98.3 Å². The highest BCUT2D eigenvalue weighted by Crippen LogP contribution is 2.28. The fraction of sp³-hybridized carbons (Fsp3) is 0.0769. The number of aromatic hydroxyl groups is 1. The van der Waals surface area contributed by atoms with Gasteiger partial charge in [0.1, 0.15) is 22.9 Å². The van der Waals surface area contributed by atoms with Crippen LogP contribution in [0.3, 0.4) is 0 Å². The third kappa shape index (κ3) is 4.34. The summed E-state index contributed by atoms with van der Waals surface area (Å²) in [7, 11) is 1.52. The van der Waals surface area contributed by atoms with E-state index < -0.39 is 10.9 Å². The Kier molecular flexibility index (Phi) is 5.83. The molecule has 0 aliphatic carbocycles. The van der Waals surface area contributed by atoms with Gasteiger partial charge in [-0.1, -0.05) is 18.2 Å². The number of carbonyl (C=O) groups excluding carboxylic acids is 1. The van der Waals surface area contributed by atoms with Crippen molar-refractivity contribution in [3.63, 3.8) is 0 Å². The molecule has 0 aliphatic heterocycles. The summed E-state index contributed by atoms with van der Waals surface area (Å²) in [4.78, 5) is 37.1. The highest BCUT2D eigenvalue weighted by Gasteiger charge is 2.21. The number of H-pyrrole nitrogens is 1. The number of amides is 1. The van der Waals surface area contributed by atoms with Crippen LogP contribution in [0.25, 0.3) is 10.9 Å². The van der Waals surface area contributed by atoms with Gasteiger partial charge in [0.15, 0.2) is 5.82 Å². The lowest BCUT2D eigenvalue weighted by molar-refractivity contribution is 0.102. The molecular weight excluding hydrogens is 462 g/mol. The molecule has 10 nitrogen and oxygen atoms in total. The highest BCUT2D eigenvalue weighted by atomic mass is 16.5. The van der Waals surface area contributed by atoms with Crippen LogP contribution in [0, 0.1) is 0 Å². The second-order valence-corrected chi connectivity index (χ2v) is 8.08. The van der Waals surface area contributed by atoms with E-state index in [-0.39, 0.29) is 29.6 Å². The average Bonchev–Trinajstić information content (AvgIpc) is 3.29. The van der Waals surface area contributed by atoms with Crippen molar-refractivity contribution in [3.8, 4) is 11.5 Å². The van der Waals surface area contributed by atoms with E-state index >= 15 is 0 Å². The number of aromatic nitrogens is 2. The number of benzene rings is 3. The van der Waals surface area contributed by atoms with Gasteiger partial charge in [-0.15, -0.1) is 0 Å². The third-order valence-electron chi connectivity index (χ3n) is 5.69. The van der Waals surface area contributed by atoms with Gasteiger partial charge in [-0.2, -0.15) is 5.10 Å². The molecule has 0 atom stereocenters. The van der Waals surface area contributed by atoms with E-state index in [2.05, 4.69) is 26.1 Å². The normalized spacial score (nSPS) is 10.9. The Morgan fingerprint density at radius 1 is 1.00 bits per heavy atom. The van der Waals surface area contributed by atoms with Crippen molar-refractivity contribution < 1.29 is 14.6 Å². The molecule has 5 rings (SSSR count). The number of nitrogens with one attached hydrogen (secondary N) is 4. The maximum atomic E-state index is 12.7. The molecule has 0 radical (unpaired) electrons. The lowest BCUT2D eigenvalue weighted by Gasteiger charge is -2.15. The fourth-order valence-electron chi connectivity index (χ4n) is 3.81. The van der Waals surface area contributed by atoms with Crippen LogP contribution in [0.15, 0.2) is 76.3 Å². The fourth-order valence-corrected chi connectivity index (χ4v) is 3.81. The summed E-state index contributed by atoms with van der Waals surface area (Å²) in [6, 6.07) is 18.5. The van der Waals surface area contributed by atoms with E-state index in [0.29, 0.717) is 33.7 Å². The summed E-state index contributed by atoms with van der Waals surface area (Å²) in [6.45, 7) is 0.259. The minimum Gasteiger partial charge on any atom is -0.508 e. The molecule has 0 spiro atoms. The van der Waals surface area contributed by atoms with Crippen molar-refractivity contribution in [1.82, 2.24) is 10.2 Å². The van der Waals surface area contributed by atoms with Gasteiger partial charge in [0, 0.05) is 23.2 Å². The maximum Gasteiger partial charge on any atom is 0.257 e. The van der Waals surface area contributed by atoms with E-state index in [9.17, 15) is 19.5 Å². The first-order chi connectivity index (χ1) is 17.4. The van der Waals surface area contributed by atoms with Crippen LogP contribution < -0.4 is 31.5 Å². The molecule has 0 aliphatic rings. The van der Waals surface area contributed by atoms with E-state index in [1.54, 1.807) is 66.7 Å².